The molecule has 2 nitrogen and oxygen atoms in total. The number of benzene rings is 2. The van der Waals surface area contributed by atoms with E-state index in [0.717, 1.165) is 13.1 Å². The molecule has 1 N–H and O–H groups in total. The summed E-state index contributed by atoms with van der Waals surface area (Å²) in [6, 6.07) is 19.7. The van der Waals surface area contributed by atoms with Gasteiger partial charge in [0.1, 0.15) is 0 Å². The highest BCUT2D eigenvalue weighted by Crippen LogP contribution is 2.19. The zero-order chi connectivity index (χ0) is 14.4. The zero-order valence-corrected chi connectivity index (χ0v) is 12.6. The number of nitrogens with one attached hydrogen (secondary N) is 1. The molecule has 0 spiro atoms. The summed E-state index contributed by atoms with van der Waals surface area (Å²) in [4.78, 5) is 2.31. The van der Waals surface area contributed by atoms with Crippen molar-refractivity contribution in [2.45, 2.75) is 19.9 Å². The SMILES string of the molecule is CCNC(CN(C)c1ccc(C)cc1)c1ccccc1. The van der Waals surface area contributed by atoms with Crippen molar-refractivity contribution in [2.24, 2.45) is 0 Å². The highest BCUT2D eigenvalue weighted by molar-refractivity contribution is 5.47. The number of hydrogen-bond donors (Lipinski definition) is 1. The maximum Gasteiger partial charge on any atom is 0.0498 e. The van der Waals surface area contributed by atoms with Crippen LogP contribution in [0.25, 0.3) is 0 Å². The summed E-state index contributed by atoms with van der Waals surface area (Å²) >= 11 is 0. The molecule has 0 radical (unpaired) electrons. The molecule has 0 heterocycles. The normalized spacial score (nSPS) is 12.2. The van der Waals surface area contributed by atoms with Crippen molar-refractivity contribution in [2.75, 3.05) is 25.0 Å². The van der Waals surface area contributed by atoms with Gasteiger partial charge in [0.25, 0.3) is 0 Å². The fourth-order valence-corrected chi connectivity index (χ4v) is 2.40. The molecule has 2 rings (SSSR count). The van der Waals surface area contributed by atoms with Gasteiger partial charge in [-0.2, -0.15) is 0 Å². The van der Waals surface area contributed by atoms with E-state index in [2.05, 4.69) is 85.7 Å². The first-order valence-electron chi connectivity index (χ1n) is 7.27. The van der Waals surface area contributed by atoms with E-state index in [4.69, 9.17) is 0 Å². The van der Waals surface area contributed by atoms with E-state index in [0.29, 0.717) is 6.04 Å². The molecule has 0 aliphatic heterocycles. The van der Waals surface area contributed by atoms with Crippen molar-refractivity contribution in [1.82, 2.24) is 5.32 Å². The van der Waals surface area contributed by atoms with Crippen molar-refractivity contribution in [3.8, 4) is 0 Å². The zero-order valence-electron chi connectivity index (χ0n) is 12.6. The maximum absolute atomic E-state index is 3.57. The maximum atomic E-state index is 3.57. The van der Waals surface area contributed by atoms with Gasteiger partial charge in [0.2, 0.25) is 0 Å². The Morgan fingerprint density at radius 3 is 2.25 bits per heavy atom. The lowest BCUT2D eigenvalue weighted by atomic mass is 10.1. The van der Waals surface area contributed by atoms with Crippen LogP contribution in [0.1, 0.15) is 24.1 Å². The van der Waals surface area contributed by atoms with Gasteiger partial charge >= 0.3 is 0 Å². The summed E-state index contributed by atoms with van der Waals surface area (Å²) in [7, 11) is 2.15. The first-order valence-corrected chi connectivity index (χ1v) is 7.27. The van der Waals surface area contributed by atoms with E-state index in [1.54, 1.807) is 0 Å². The molecule has 2 aromatic carbocycles. The lowest BCUT2D eigenvalue weighted by molar-refractivity contribution is 0.550. The Bertz CT molecular complexity index is 505. The number of anilines is 1. The van der Waals surface area contributed by atoms with Crippen LogP contribution < -0.4 is 10.2 Å². The standard InChI is InChI=1S/C18H24N2/c1-4-19-18(16-8-6-5-7-9-16)14-20(3)17-12-10-15(2)11-13-17/h5-13,18-19H,4,14H2,1-3H3. The Kier molecular flexibility index (Phi) is 5.19. The van der Waals surface area contributed by atoms with Gasteiger partial charge in [-0.1, -0.05) is 55.0 Å². The third-order valence-electron chi connectivity index (χ3n) is 3.58. The van der Waals surface area contributed by atoms with E-state index < -0.39 is 0 Å². The van der Waals surface area contributed by atoms with Crippen LogP contribution in [0.4, 0.5) is 5.69 Å². The van der Waals surface area contributed by atoms with Crippen LogP contribution in [-0.4, -0.2) is 20.1 Å². The number of aryl methyl sites for hydroxylation is 1. The molecule has 0 amide bonds. The Balaban J connectivity index is 2.10. The summed E-state index contributed by atoms with van der Waals surface area (Å²) in [5.74, 6) is 0. The average Bonchev–Trinajstić information content (AvgIpc) is 2.48. The quantitative estimate of drug-likeness (QED) is 0.857. The van der Waals surface area contributed by atoms with Gasteiger partial charge in [-0.15, -0.1) is 0 Å². The highest BCUT2D eigenvalue weighted by atomic mass is 15.1. The second-order valence-corrected chi connectivity index (χ2v) is 5.24. The summed E-state index contributed by atoms with van der Waals surface area (Å²) in [5.41, 5.74) is 3.90. The molecular weight excluding hydrogens is 244 g/mol. The Hall–Kier alpha value is -1.80. The van der Waals surface area contributed by atoms with Crippen molar-refractivity contribution in [3.63, 3.8) is 0 Å². The van der Waals surface area contributed by atoms with Crippen LogP contribution in [0.3, 0.4) is 0 Å². The molecule has 2 heteroatoms. The van der Waals surface area contributed by atoms with Crippen molar-refractivity contribution < 1.29 is 0 Å². The van der Waals surface area contributed by atoms with Crippen LogP contribution in [-0.2, 0) is 0 Å². The fraction of sp³-hybridized carbons (Fsp3) is 0.333. The van der Waals surface area contributed by atoms with Gasteiger partial charge in [-0.3, -0.25) is 0 Å². The second-order valence-electron chi connectivity index (χ2n) is 5.24. The molecular formula is C18H24N2. The van der Waals surface area contributed by atoms with Gasteiger partial charge in [0, 0.05) is 25.3 Å². The molecule has 2 aromatic rings. The molecule has 0 aromatic heterocycles. The number of nitrogens with zero attached hydrogens (tertiary/aromatic N) is 1. The molecule has 0 aliphatic rings. The fourth-order valence-electron chi connectivity index (χ4n) is 2.40. The molecule has 0 saturated heterocycles. The third-order valence-corrected chi connectivity index (χ3v) is 3.58. The van der Waals surface area contributed by atoms with Gasteiger partial charge < -0.3 is 10.2 Å². The first-order chi connectivity index (χ1) is 9.70. The van der Waals surface area contributed by atoms with E-state index in [1.165, 1.54) is 16.8 Å². The average molecular weight is 268 g/mol. The lowest BCUT2D eigenvalue weighted by Crippen LogP contribution is -2.33. The molecule has 106 valence electrons. The first kappa shape index (κ1) is 14.6. The minimum absolute atomic E-state index is 0.354. The van der Waals surface area contributed by atoms with Crippen LogP contribution in [0.2, 0.25) is 0 Å². The van der Waals surface area contributed by atoms with Crippen molar-refractivity contribution >= 4 is 5.69 Å². The molecule has 0 bridgehead atoms. The van der Waals surface area contributed by atoms with E-state index in [-0.39, 0.29) is 0 Å². The Morgan fingerprint density at radius 2 is 1.65 bits per heavy atom. The summed E-state index contributed by atoms with van der Waals surface area (Å²) in [6.07, 6.45) is 0. The molecule has 0 fully saturated rings. The molecule has 1 atom stereocenters. The summed E-state index contributed by atoms with van der Waals surface area (Å²) in [5, 5.41) is 3.57. The van der Waals surface area contributed by atoms with Gasteiger partial charge in [0.05, 0.1) is 0 Å². The number of hydrogen-bond acceptors (Lipinski definition) is 2. The smallest absolute Gasteiger partial charge is 0.0498 e. The van der Waals surface area contributed by atoms with Gasteiger partial charge in [-0.05, 0) is 31.2 Å². The summed E-state index contributed by atoms with van der Waals surface area (Å²) < 4.78 is 0. The predicted molar refractivity (Wildman–Crippen MR) is 87.3 cm³/mol. The lowest BCUT2D eigenvalue weighted by Gasteiger charge is -2.27. The molecule has 20 heavy (non-hydrogen) atoms. The second kappa shape index (κ2) is 7.11. The molecule has 0 aliphatic carbocycles. The van der Waals surface area contributed by atoms with Crippen LogP contribution >= 0.6 is 0 Å². The van der Waals surface area contributed by atoms with Gasteiger partial charge in [-0.25, -0.2) is 0 Å². The van der Waals surface area contributed by atoms with Crippen LogP contribution in [0, 0.1) is 6.92 Å². The third kappa shape index (κ3) is 3.84. The largest absolute Gasteiger partial charge is 0.373 e. The van der Waals surface area contributed by atoms with Gasteiger partial charge in [0.15, 0.2) is 0 Å². The number of likely N-dealkylation sites (N-methyl/N-ethyl adjacent to an activating group) is 2. The minimum atomic E-state index is 0.354. The van der Waals surface area contributed by atoms with Crippen molar-refractivity contribution in [1.29, 1.82) is 0 Å². The van der Waals surface area contributed by atoms with Crippen LogP contribution in [0.15, 0.2) is 54.6 Å². The molecule has 1 unspecified atom stereocenters. The van der Waals surface area contributed by atoms with Crippen molar-refractivity contribution in [3.05, 3.63) is 65.7 Å². The summed E-state index contributed by atoms with van der Waals surface area (Å²) in [6.45, 7) is 6.21. The number of rotatable bonds is 6. The van der Waals surface area contributed by atoms with Crippen LogP contribution in [0.5, 0.6) is 0 Å². The van der Waals surface area contributed by atoms with E-state index in [1.807, 2.05) is 0 Å². The Labute approximate surface area is 122 Å². The highest BCUT2D eigenvalue weighted by Gasteiger charge is 2.12. The molecule has 0 saturated carbocycles. The van der Waals surface area contributed by atoms with E-state index >= 15 is 0 Å². The predicted octanol–water partition coefficient (Wildman–Crippen LogP) is 3.78. The van der Waals surface area contributed by atoms with E-state index in [9.17, 15) is 0 Å². The monoisotopic (exact) mass is 268 g/mol. The minimum Gasteiger partial charge on any atom is -0.373 e. The topological polar surface area (TPSA) is 15.3 Å². The Morgan fingerprint density at radius 1 is 1.00 bits per heavy atom.